The lowest BCUT2D eigenvalue weighted by atomic mass is 10.1. The molecule has 130 valence electrons. The number of unbranched alkanes of at least 4 members (excludes halogenated alkanes) is 1. The molecule has 6 heteroatoms. The zero-order valence-corrected chi connectivity index (χ0v) is 15.1. The summed E-state index contributed by atoms with van der Waals surface area (Å²) in [6, 6.07) is 6.58. The van der Waals surface area contributed by atoms with Crippen LogP contribution >= 0.6 is 0 Å². The van der Waals surface area contributed by atoms with E-state index in [4.69, 9.17) is 0 Å². The topological polar surface area (TPSA) is 50.1 Å². The van der Waals surface area contributed by atoms with Gasteiger partial charge in [0.1, 0.15) is 0 Å². The highest BCUT2D eigenvalue weighted by molar-refractivity contribution is 5.56. The predicted molar refractivity (Wildman–Crippen MR) is 96.1 cm³/mol. The molecule has 1 aromatic carbocycles. The van der Waals surface area contributed by atoms with Crippen molar-refractivity contribution in [3.63, 3.8) is 0 Å². The van der Waals surface area contributed by atoms with Crippen LogP contribution in [0.1, 0.15) is 36.7 Å². The molecule has 0 bridgehead atoms. The normalized spacial score (nSPS) is 15.9. The van der Waals surface area contributed by atoms with Crippen molar-refractivity contribution in [1.82, 2.24) is 25.1 Å². The van der Waals surface area contributed by atoms with Crippen LogP contribution in [0.5, 0.6) is 0 Å². The van der Waals surface area contributed by atoms with Crippen LogP contribution in [0.3, 0.4) is 0 Å². The Morgan fingerprint density at radius 3 is 2.62 bits per heavy atom. The SMILES string of the molecule is CCCCn1nnnc1CN1CCN(c2cccc(C)c2C)CC1. The lowest BCUT2D eigenvalue weighted by molar-refractivity contribution is 0.239. The highest BCUT2D eigenvalue weighted by Crippen LogP contribution is 2.24. The molecule has 1 aromatic heterocycles. The number of anilines is 1. The van der Waals surface area contributed by atoms with E-state index in [1.165, 1.54) is 16.8 Å². The van der Waals surface area contributed by atoms with Gasteiger partial charge in [0.2, 0.25) is 0 Å². The molecule has 0 radical (unpaired) electrons. The monoisotopic (exact) mass is 328 g/mol. The van der Waals surface area contributed by atoms with E-state index < -0.39 is 0 Å². The van der Waals surface area contributed by atoms with E-state index in [-0.39, 0.29) is 0 Å². The van der Waals surface area contributed by atoms with Crippen molar-refractivity contribution in [3.05, 3.63) is 35.2 Å². The first-order valence-electron chi connectivity index (χ1n) is 8.97. The van der Waals surface area contributed by atoms with Gasteiger partial charge in [0.25, 0.3) is 0 Å². The van der Waals surface area contributed by atoms with Crippen molar-refractivity contribution < 1.29 is 0 Å². The molecule has 0 aliphatic carbocycles. The largest absolute Gasteiger partial charge is 0.369 e. The van der Waals surface area contributed by atoms with Crippen molar-refractivity contribution in [2.75, 3.05) is 31.1 Å². The molecule has 0 amide bonds. The minimum Gasteiger partial charge on any atom is -0.369 e. The number of piperazine rings is 1. The molecule has 2 heterocycles. The number of hydrogen-bond acceptors (Lipinski definition) is 5. The summed E-state index contributed by atoms with van der Waals surface area (Å²) < 4.78 is 1.96. The maximum atomic E-state index is 4.21. The third-order valence-electron chi connectivity index (χ3n) is 4.98. The molecule has 3 rings (SSSR count). The fraction of sp³-hybridized carbons (Fsp3) is 0.611. The Kier molecular flexibility index (Phi) is 5.45. The summed E-state index contributed by atoms with van der Waals surface area (Å²) in [6.45, 7) is 12.6. The molecular weight excluding hydrogens is 300 g/mol. The van der Waals surface area contributed by atoms with Gasteiger partial charge in [-0.1, -0.05) is 25.5 Å². The second kappa shape index (κ2) is 7.75. The molecule has 1 aliphatic rings. The molecule has 0 spiro atoms. The standard InChI is InChI=1S/C18H28N6/c1-4-5-9-24-18(19-20-21-24)14-22-10-12-23(13-11-22)17-8-6-7-15(2)16(17)3/h6-8H,4-5,9-14H2,1-3H3. The van der Waals surface area contributed by atoms with Gasteiger partial charge in [0.15, 0.2) is 5.82 Å². The molecule has 1 aliphatic heterocycles. The number of hydrogen-bond donors (Lipinski definition) is 0. The average molecular weight is 328 g/mol. The van der Waals surface area contributed by atoms with Crippen LogP contribution in [0.15, 0.2) is 18.2 Å². The zero-order chi connectivity index (χ0) is 16.9. The van der Waals surface area contributed by atoms with E-state index >= 15 is 0 Å². The first-order chi connectivity index (χ1) is 11.7. The highest BCUT2D eigenvalue weighted by atomic mass is 15.5. The Morgan fingerprint density at radius 2 is 1.88 bits per heavy atom. The van der Waals surface area contributed by atoms with E-state index in [2.05, 4.69) is 64.3 Å². The maximum absolute atomic E-state index is 4.21. The minimum atomic E-state index is 0.845. The number of aryl methyl sites for hydroxylation is 2. The average Bonchev–Trinajstić information content (AvgIpc) is 3.03. The first-order valence-corrected chi connectivity index (χ1v) is 8.97. The van der Waals surface area contributed by atoms with Gasteiger partial charge in [-0.3, -0.25) is 4.90 Å². The van der Waals surface area contributed by atoms with Crippen LogP contribution < -0.4 is 4.90 Å². The first kappa shape index (κ1) is 16.9. The van der Waals surface area contributed by atoms with Crippen molar-refractivity contribution in [1.29, 1.82) is 0 Å². The van der Waals surface area contributed by atoms with Crippen LogP contribution in [0, 0.1) is 13.8 Å². The fourth-order valence-corrected chi connectivity index (χ4v) is 3.24. The third kappa shape index (κ3) is 3.75. The molecule has 0 unspecified atom stereocenters. The van der Waals surface area contributed by atoms with Gasteiger partial charge in [-0.15, -0.1) is 5.10 Å². The van der Waals surface area contributed by atoms with E-state index in [9.17, 15) is 0 Å². The van der Waals surface area contributed by atoms with Crippen LogP contribution in [0.25, 0.3) is 0 Å². The second-order valence-electron chi connectivity index (χ2n) is 6.65. The molecule has 0 atom stereocenters. The number of aromatic nitrogens is 4. The van der Waals surface area contributed by atoms with E-state index in [1.54, 1.807) is 0 Å². The van der Waals surface area contributed by atoms with Crippen LogP contribution in [-0.4, -0.2) is 51.3 Å². The van der Waals surface area contributed by atoms with Crippen LogP contribution in [-0.2, 0) is 13.1 Å². The van der Waals surface area contributed by atoms with Crippen LogP contribution in [0.4, 0.5) is 5.69 Å². The summed E-state index contributed by atoms with van der Waals surface area (Å²) in [7, 11) is 0. The Bertz CT molecular complexity index is 657. The van der Waals surface area contributed by atoms with Crippen LogP contribution in [0.2, 0.25) is 0 Å². The highest BCUT2D eigenvalue weighted by Gasteiger charge is 2.20. The quantitative estimate of drug-likeness (QED) is 0.815. The summed E-state index contributed by atoms with van der Waals surface area (Å²) in [5.41, 5.74) is 4.14. The fourth-order valence-electron chi connectivity index (χ4n) is 3.24. The lowest BCUT2D eigenvalue weighted by Crippen LogP contribution is -2.46. The van der Waals surface area contributed by atoms with Gasteiger partial charge < -0.3 is 4.90 Å². The molecule has 1 saturated heterocycles. The van der Waals surface area contributed by atoms with E-state index in [0.29, 0.717) is 0 Å². The van der Waals surface area contributed by atoms with Gasteiger partial charge in [0, 0.05) is 38.4 Å². The van der Waals surface area contributed by atoms with Gasteiger partial charge in [0.05, 0.1) is 6.54 Å². The Balaban J connectivity index is 1.58. The number of nitrogens with zero attached hydrogens (tertiary/aromatic N) is 6. The summed E-state index contributed by atoms with van der Waals surface area (Å²) in [5, 5.41) is 12.2. The number of rotatable bonds is 6. The lowest BCUT2D eigenvalue weighted by Gasteiger charge is -2.36. The molecule has 2 aromatic rings. The van der Waals surface area contributed by atoms with Gasteiger partial charge in [-0.2, -0.15) is 0 Å². The Hall–Kier alpha value is -1.95. The van der Waals surface area contributed by atoms with Gasteiger partial charge in [-0.05, 0) is 47.9 Å². The summed E-state index contributed by atoms with van der Waals surface area (Å²) in [5.74, 6) is 0.989. The summed E-state index contributed by atoms with van der Waals surface area (Å²) in [4.78, 5) is 4.95. The van der Waals surface area contributed by atoms with Crippen molar-refractivity contribution in [3.8, 4) is 0 Å². The van der Waals surface area contributed by atoms with E-state index in [0.717, 1.165) is 57.9 Å². The summed E-state index contributed by atoms with van der Waals surface area (Å²) >= 11 is 0. The Labute approximate surface area is 144 Å². The maximum Gasteiger partial charge on any atom is 0.165 e. The summed E-state index contributed by atoms with van der Waals surface area (Å²) in [6.07, 6.45) is 2.28. The van der Waals surface area contributed by atoms with Gasteiger partial charge in [-0.25, -0.2) is 4.68 Å². The molecule has 0 N–H and O–H groups in total. The second-order valence-corrected chi connectivity index (χ2v) is 6.65. The molecular formula is C18H28N6. The van der Waals surface area contributed by atoms with Crippen molar-refractivity contribution in [2.45, 2.75) is 46.7 Å². The zero-order valence-electron chi connectivity index (χ0n) is 15.1. The smallest absolute Gasteiger partial charge is 0.165 e. The Morgan fingerprint density at radius 1 is 1.08 bits per heavy atom. The van der Waals surface area contributed by atoms with Gasteiger partial charge >= 0.3 is 0 Å². The van der Waals surface area contributed by atoms with E-state index in [1.807, 2.05) is 4.68 Å². The molecule has 6 nitrogen and oxygen atoms in total. The van der Waals surface area contributed by atoms with Crippen molar-refractivity contribution in [2.24, 2.45) is 0 Å². The molecule has 0 saturated carbocycles. The van der Waals surface area contributed by atoms with Crippen molar-refractivity contribution >= 4 is 5.69 Å². The predicted octanol–water partition coefficient (Wildman–Crippen LogP) is 2.41. The molecule has 1 fully saturated rings. The third-order valence-corrected chi connectivity index (χ3v) is 4.98. The number of tetrazole rings is 1. The molecule has 24 heavy (non-hydrogen) atoms. The minimum absolute atomic E-state index is 0.845. The number of benzene rings is 1.